The summed E-state index contributed by atoms with van der Waals surface area (Å²) in [6.45, 7) is 6.20. The highest BCUT2D eigenvalue weighted by molar-refractivity contribution is 5.80. The van der Waals surface area contributed by atoms with Crippen LogP contribution < -0.4 is 4.90 Å². The molecule has 0 atom stereocenters. The number of aromatic amines is 2. The van der Waals surface area contributed by atoms with Gasteiger partial charge in [0.15, 0.2) is 0 Å². The fraction of sp³-hybridized carbons (Fsp3) is 0.280. The van der Waals surface area contributed by atoms with Gasteiger partial charge < -0.3 is 14.9 Å². The van der Waals surface area contributed by atoms with Gasteiger partial charge in [0.25, 0.3) is 0 Å². The van der Waals surface area contributed by atoms with Gasteiger partial charge in [-0.2, -0.15) is 0 Å². The van der Waals surface area contributed by atoms with Crippen molar-refractivity contribution in [1.29, 1.82) is 0 Å². The van der Waals surface area contributed by atoms with E-state index in [1.807, 2.05) is 6.20 Å². The SMILES string of the molecule is Cc1ccc(-c2nc(N3CCC(c4cnc[nH]4)CC3)[nH]c2-c2ccc(C)cc2)cc1. The van der Waals surface area contributed by atoms with Crippen molar-refractivity contribution in [2.75, 3.05) is 18.0 Å². The minimum Gasteiger partial charge on any atom is -0.348 e. The molecule has 2 N–H and O–H groups in total. The molecule has 1 saturated heterocycles. The Morgan fingerprint density at radius 2 is 1.50 bits per heavy atom. The zero-order valence-electron chi connectivity index (χ0n) is 17.5. The van der Waals surface area contributed by atoms with Crippen LogP contribution in [0.15, 0.2) is 61.1 Å². The molecule has 5 rings (SSSR count). The molecule has 0 unspecified atom stereocenters. The Morgan fingerprint density at radius 3 is 2.10 bits per heavy atom. The highest BCUT2D eigenvalue weighted by Gasteiger charge is 2.25. The molecule has 5 heteroatoms. The van der Waals surface area contributed by atoms with Crippen molar-refractivity contribution >= 4 is 5.95 Å². The minimum absolute atomic E-state index is 0.548. The summed E-state index contributed by atoms with van der Waals surface area (Å²) in [5.74, 6) is 1.51. The lowest BCUT2D eigenvalue weighted by molar-refractivity contribution is 0.493. The van der Waals surface area contributed by atoms with E-state index in [1.54, 1.807) is 6.33 Å². The summed E-state index contributed by atoms with van der Waals surface area (Å²) in [6.07, 6.45) is 5.93. The van der Waals surface area contributed by atoms with Crippen molar-refractivity contribution in [2.24, 2.45) is 0 Å². The van der Waals surface area contributed by atoms with Crippen molar-refractivity contribution < 1.29 is 0 Å². The van der Waals surface area contributed by atoms with Gasteiger partial charge in [-0.3, -0.25) is 0 Å². The van der Waals surface area contributed by atoms with E-state index in [9.17, 15) is 0 Å². The number of imidazole rings is 2. The van der Waals surface area contributed by atoms with Gasteiger partial charge >= 0.3 is 0 Å². The van der Waals surface area contributed by atoms with Crippen molar-refractivity contribution in [3.8, 4) is 22.5 Å². The average molecular weight is 398 g/mol. The van der Waals surface area contributed by atoms with E-state index >= 15 is 0 Å². The molecule has 4 aromatic rings. The summed E-state index contributed by atoms with van der Waals surface area (Å²) in [5.41, 5.74) is 8.18. The standard InChI is InChI=1S/C25H27N5/c1-17-3-7-20(8-4-17)23-24(21-9-5-18(2)6-10-21)29-25(28-23)30-13-11-19(12-14-30)22-15-26-16-27-22/h3-10,15-16,19H,11-14H2,1-2H3,(H,26,27)(H,28,29). The van der Waals surface area contributed by atoms with Gasteiger partial charge in [-0.05, 0) is 26.7 Å². The van der Waals surface area contributed by atoms with Crippen molar-refractivity contribution in [3.05, 3.63) is 77.9 Å². The molecule has 3 heterocycles. The summed E-state index contributed by atoms with van der Waals surface area (Å²) in [7, 11) is 0. The molecule has 0 bridgehead atoms. The largest absolute Gasteiger partial charge is 0.348 e. The number of anilines is 1. The van der Waals surface area contributed by atoms with Crippen LogP contribution in [0.1, 0.15) is 35.6 Å². The average Bonchev–Trinajstić information content (AvgIpc) is 3.46. The van der Waals surface area contributed by atoms with Crippen LogP contribution in [-0.4, -0.2) is 33.0 Å². The molecule has 1 aliphatic heterocycles. The topological polar surface area (TPSA) is 60.6 Å². The number of hydrogen-bond acceptors (Lipinski definition) is 3. The molecule has 1 aliphatic rings. The van der Waals surface area contributed by atoms with Crippen molar-refractivity contribution in [1.82, 2.24) is 19.9 Å². The first-order chi connectivity index (χ1) is 14.7. The van der Waals surface area contributed by atoms with Gasteiger partial charge in [0.1, 0.15) is 0 Å². The highest BCUT2D eigenvalue weighted by atomic mass is 15.3. The maximum absolute atomic E-state index is 5.07. The maximum atomic E-state index is 5.07. The van der Waals surface area contributed by atoms with E-state index in [0.717, 1.165) is 48.8 Å². The monoisotopic (exact) mass is 397 g/mol. The van der Waals surface area contributed by atoms with E-state index < -0.39 is 0 Å². The Kier molecular flexibility index (Phi) is 4.87. The summed E-state index contributed by atoms with van der Waals surface area (Å²) in [5, 5.41) is 0. The molecule has 1 fully saturated rings. The maximum Gasteiger partial charge on any atom is 0.203 e. The predicted molar refractivity (Wildman–Crippen MR) is 122 cm³/mol. The fourth-order valence-electron chi connectivity index (χ4n) is 4.25. The smallest absolute Gasteiger partial charge is 0.203 e. The molecule has 5 nitrogen and oxygen atoms in total. The lowest BCUT2D eigenvalue weighted by Gasteiger charge is -2.31. The summed E-state index contributed by atoms with van der Waals surface area (Å²) >= 11 is 0. The van der Waals surface area contributed by atoms with Crippen LogP contribution in [0.3, 0.4) is 0 Å². The number of aromatic nitrogens is 4. The third-order valence-corrected chi connectivity index (χ3v) is 6.11. The summed E-state index contributed by atoms with van der Waals surface area (Å²) < 4.78 is 0. The molecule has 0 aliphatic carbocycles. The number of aryl methyl sites for hydroxylation is 2. The van der Waals surface area contributed by atoms with Gasteiger partial charge in [0, 0.05) is 42.0 Å². The lowest BCUT2D eigenvalue weighted by atomic mass is 9.94. The first-order valence-corrected chi connectivity index (χ1v) is 10.6. The van der Waals surface area contributed by atoms with Crippen LogP contribution in [0.25, 0.3) is 22.5 Å². The second kappa shape index (κ2) is 7.82. The van der Waals surface area contributed by atoms with Gasteiger partial charge in [-0.15, -0.1) is 0 Å². The third-order valence-electron chi connectivity index (χ3n) is 6.11. The number of benzene rings is 2. The molecule has 0 amide bonds. The van der Waals surface area contributed by atoms with Crippen LogP contribution in [0.5, 0.6) is 0 Å². The number of H-pyrrole nitrogens is 2. The zero-order valence-corrected chi connectivity index (χ0v) is 17.5. The molecule has 152 valence electrons. The zero-order chi connectivity index (χ0) is 20.5. The van der Waals surface area contributed by atoms with Gasteiger partial charge in [-0.1, -0.05) is 59.7 Å². The van der Waals surface area contributed by atoms with Crippen molar-refractivity contribution in [2.45, 2.75) is 32.6 Å². The van der Waals surface area contributed by atoms with Crippen LogP contribution in [0, 0.1) is 13.8 Å². The molecular weight excluding hydrogens is 370 g/mol. The Labute approximate surface area is 177 Å². The van der Waals surface area contributed by atoms with Gasteiger partial charge in [0.05, 0.1) is 17.7 Å². The van der Waals surface area contributed by atoms with Crippen LogP contribution in [0.2, 0.25) is 0 Å². The number of nitrogens with one attached hydrogen (secondary N) is 2. The molecule has 2 aromatic carbocycles. The Balaban J connectivity index is 1.47. The summed E-state index contributed by atoms with van der Waals surface area (Å²) in [4.78, 5) is 18.5. The Bertz CT molecular complexity index is 1040. The highest BCUT2D eigenvalue weighted by Crippen LogP contribution is 2.35. The first kappa shape index (κ1) is 18.7. The second-order valence-corrected chi connectivity index (χ2v) is 8.28. The third kappa shape index (κ3) is 3.63. The Hall–Kier alpha value is -3.34. The number of rotatable bonds is 4. The Morgan fingerprint density at radius 1 is 0.867 bits per heavy atom. The lowest BCUT2D eigenvalue weighted by Crippen LogP contribution is -2.33. The van der Waals surface area contributed by atoms with Gasteiger partial charge in [-0.25, -0.2) is 9.97 Å². The van der Waals surface area contributed by atoms with E-state index in [1.165, 1.54) is 22.4 Å². The normalized spacial score (nSPS) is 14.9. The molecule has 0 radical (unpaired) electrons. The van der Waals surface area contributed by atoms with E-state index in [4.69, 9.17) is 4.98 Å². The fourth-order valence-corrected chi connectivity index (χ4v) is 4.25. The van der Waals surface area contributed by atoms with E-state index in [-0.39, 0.29) is 0 Å². The van der Waals surface area contributed by atoms with Crippen LogP contribution in [-0.2, 0) is 0 Å². The van der Waals surface area contributed by atoms with Crippen molar-refractivity contribution in [3.63, 3.8) is 0 Å². The summed E-state index contributed by atoms with van der Waals surface area (Å²) in [6, 6.07) is 17.3. The first-order valence-electron chi connectivity index (χ1n) is 10.6. The van der Waals surface area contributed by atoms with Gasteiger partial charge in [0.2, 0.25) is 5.95 Å². The second-order valence-electron chi connectivity index (χ2n) is 8.28. The molecular formula is C25H27N5. The van der Waals surface area contributed by atoms with E-state index in [2.05, 4.69) is 82.2 Å². The molecule has 30 heavy (non-hydrogen) atoms. The molecule has 0 saturated carbocycles. The quantitative estimate of drug-likeness (QED) is 0.480. The minimum atomic E-state index is 0.548. The van der Waals surface area contributed by atoms with E-state index in [0.29, 0.717) is 5.92 Å². The predicted octanol–water partition coefficient (Wildman–Crippen LogP) is 5.47. The van der Waals surface area contributed by atoms with Crippen LogP contribution in [0.4, 0.5) is 5.95 Å². The molecule has 2 aromatic heterocycles. The number of hydrogen-bond donors (Lipinski definition) is 2. The van der Waals surface area contributed by atoms with Crippen LogP contribution >= 0.6 is 0 Å². The number of piperidine rings is 1. The molecule has 0 spiro atoms. The number of nitrogens with zero attached hydrogens (tertiary/aromatic N) is 3.